The molecule has 0 aliphatic carbocycles. The minimum Gasteiger partial charge on any atom is -0.444 e. The predicted molar refractivity (Wildman–Crippen MR) is 98.9 cm³/mol. The number of hydrogen-bond acceptors (Lipinski definition) is 5. The molecular weight excluding hydrogens is 341 g/mol. The smallest absolute Gasteiger partial charge is 0.408 e. The van der Waals surface area contributed by atoms with Gasteiger partial charge in [0.2, 0.25) is 0 Å². The van der Waals surface area contributed by atoms with Crippen molar-refractivity contribution in [2.24, 2.45) is 0 Å². The maximum atomic E-state index is 13.4. The highest BCUT2D eigenvalue weighted by Gasteiger charge is 2.40. The second-order valence-corrected chi connectivity index (χ2v) is 8.90. The Balaban J connectivity index is 3.33. The summed E-state index contributed by atoms with van der Waals surface area (Å²) in [6.45, 7) is 13.0. The first-order valence-corrected chi connectivity index (χ1v) is 10.1. The molecule has 0 fully saturated rings. The summed E-state index contributed by atoms with van der Waals surface area (Å²) in [5.74, 6) is -0.942. The van der Waals surface area contributed by atoms with Gasteiger partial charge >= 0.3 is 13.7 Å². The topological polar surface area (TPSA) is 73.9 Å². The van der Waals surface area contributed by atoms with Gasteiger partial charge in [0.05, 0.1) is 13.2 Å². The van der Waals surface area contributed by atoms with Crippen molar-refractivity contribution in [2.75, 3.05) is 13.2 Å². The van der Waals surface area contributed by atoms with Crippen molar-refractivity contribution in [1.29, 1.82) is 0 Å². The van der Waals surface area contributed by atoms with Crippen LogP contribution in [0.5, 0.6) is 0 Å². The molecule has 0 saturated heterocycles. The summed E-state index contributed by atoms with van der Waals surface area (Å²) in [7, 11) is -3.63. The summed E-state index contributed by atoms with van der Waals surface area (Å²) >= 11 is 0. The van der Waals surface area contributed by atoms with Gasteiger partial charge in [0.25, 0.3) is 0 Å². The fraction of sp³-hybridized carbons (Fsp3) is 0.611. The fourth-order valence-corrected chi connectivity index (χ4v) is 4.32. The number of ether oxygens (including phenoxy) is 1. The molecule has 7 heteroatoms. The SMILES string of the molecule is CCOP(=O)(OCC)[C@H](NC(=O)OC(C)(C)C)c1cc(C)ccc1C. The first-order chi connectivity index (χ1) is 11.5. The van der Waals surface area contributed by atoms with Crippen molar-refractivity contribution in [3.63, 3.8) is 0 Å². The molecule has 0 saturated carbocycles. The van der Waals surface area contributed by atoms with Crippen molar-refractivity contribution in [3.05, 3.63) is 34.9 Å². The summed E-state index contributed by atoms with van der Waals surface area (Å²) in [6, 6.07) is 5.74. The molecule has 0 aliphatic heterocycles. The lowest BCUT2D eigenvalue weighted by atomic mass is 10.1. The van der Waals surface area contributed by atoms with Crippen LogP contribution in [0.15, 0.2) is 18.2 Å². The molecule has 6 nitrogen and oxygen atoms in total. The van der Waals surface area contributed by atoms with Gasteiger partial charge in [-0.2, -0.15) is 0 Å². The van der Waals surface area contributed by atoms with Crippen LogP contribution in [0.3, 0.4) is 0 Å². The second kappa shape index (κ2) is 8.84. The molecule has 1 N–H and O–H groups in total. The lowest BCUT2D eigenvalue weighted by molar-refractivity contribution is 0.0508. The van der Waals surface area contributed by atoms with E-state index in [-0.39, 0.29) is 13.2 Å². The van der Waals surface area contributed by atoms with Gasteiger partial charge in [0.15, 0.2) is 5.78 Å². The lowest BCUT2D eigenvalue weighted by Gasteiger charge is -2.29. The molecule has 0 radical (unpaired) electrons. The quantitative estimate of drug-likeness (QED) is 0.676. The maximum absolute atomic E-state index is 13.4. The number of benzene rings is 1. The van der Waals surface area contributed by atoms with Gasteiger partial charge < -0.3 is 19.1 Å². The van der Waals surface area contributed by atoms with E-state index >= 15 is 0 Å². The Morgan fingerprint density at radius 1 is 1.16 bits per heavy atom. The Labute approximate surface area is 150 Å². The van der Waals surface area contributed by atoms with Crippen molar-refractivity contribution < 1.29 is 23.1 Å². The van der Waals surface area contributed by atoms with Crippen LogP contribution in [0.1, 0.15) is 57.1 Å². The number of aryl methyl sites for hydroxylation is 2. The molecule has 0 aromatic heterocycles. The molecule has 0 heterocycles. The summed E-state index contributed by atoms with van der Waals surface area (Å²) in [4.78, 5) is 12.3. The average Bonchev–Trinajstić information content (AvgIpc) is 2.46. The first kappa shape index (κ1) is 21.7. The molecule has 142 valence electrons. The molecule has 0 spiro atoms. The Hall–Kier alpha value is -1.36. The molecule has 1 aromatic carbocycles. The van der Waals surface area contributed by atoms with Crippen LogP contribution in [0.25, 0.3) is 0 Å². The molecule has 25 heavy (non-hydrogen) atoms. The second-order valence-electron chi connectivity index (χ2n) is 6.78. The number of nitrogens with one attached hydrogen (secondary N) is 1. The van der Waals surface area contributed by atoms with E-state index in [9.17, 15) is 9.36 Å². The minimum absolute atomic E-state index is 0.203. The van der Waals surface area contributed by atoms with Gasteiger partial charge in [-0.1, -0.05) is 23.8 Å². The van der Waals surface area contributed by atoms with Crippen LogP contribution in [0, 0.1) is 13.8 Å². The highest BCUT2D eigenvalue weighted by molar-refractivity contribution is 7.54. The van der Waals surface area contributed by atoms with Crippen LogP contribution in [0.2, 0.25) is 0 Å². The number of hydrogen-bond donors (Lipinski definition) is 1. The van der Waals surface area contributed by atoms with E-state index in [2.05, 4.69) is 5.32 Å². The van der Waals surface area contributed by atoms with Gasteiger partial charge in [-0.25, -0.2) is 4.79 Å². The fourth-order valence-electron chi connectivity index (χ4n) is 2.35. The van der Waals surface area contributed by atoms with E-state index in [0.29, 0.717) is 5.56 Å². The summed E-state index contributed by atoms with van der Waals surface area (Å²) in [6.07, 6.45) is -0.668. The van der Waals surface area contributed by atoms with E-state index in [1.807, 2.05) is 32.0 Å². The van der Waals surface area contributed by atoms with Crippen LogP contribution < -0.4 is 5.32 Å². The van der Waals surface area contributed by atoms with Gasteiger partial charge in [-0.15, -0.1) is 0 Å². The molecule has 1 amide bonds. The molecule has 0 aliphatic rings. The highest BCUT2D eigenvalue weighted by atomic mass is 31.2. The summed E-state index contributed by atoms with van der Waals surface area (Å²) in [5, 5.41) is 2.69. The zero-order chi connectivity index (χ0) is 19.3. The summed E-state index contributed by atoms with van der Waals surface area (Å²) in [5.41, 5.74) is 1.89. The Kier molecular flexibility index (Phi) is 7.66. The molecule has 1 aromatic rings. The first-order valence-electron chi connectivity index (χ1n) is 8.48. The zero-order valence-electron chi connectivity index (χ0n) is 16.2. The van der Waals surface area contributed by atoms with Crippen molar-refractivity contribution in [2.45, 2.75) is 59.9 Å². The standard InChI is InChI=1S/C18H30NO5P/c1-8-22-25(21,23-9-2)16(19-17(20)24-18(5,6)7)15-12-13(3)10-11-14(15)4/h10-12,16H,8-9H2,1-7H3,(H,19,20)/t16-/m0/s1. The molecule has 0 bridgehead atoms. The van der Waals surface area contributed by atoms with E-state index < -0.39 is 25.1 Å². The van der Waals surface area contributed by atoms with Crippen LogP contribution in [-0.2, 0) is 18.3 Å². The number of carbonyl (C=O) groups is 1. The van der Waals surface area contributed by atoms with Crippen LogP contribution in [-0.4, -0.2) is 24.9 Å². The Bertz CT molecular complexity index is 629. The largest absolute Gasteiger partial charge is 0.444 e. The molecule has 0 unspecified atom stereocenters. The number of alkyl carbamates (subject to hydrolysis) is 1. The van der Waals surface area contributed by atoms with Crippen molar-refractivity contribution in [1.82, 2.24) is 5.32 Å². The maximum Gasteiger partial charge on any atom is 0.408 e. The molecular formula is C18H30NO5P. The normalized spacial score (nSPS) is 13.4. The molecule has 1 rings (SSSR count). The predicted octanol–water partition coefficient (Wildman–Crippen LogP) is 5.09. The van der Waals surface area contributed by atoms with Gasteiger partial charge in [-0.05, 0) is 59.6 Å². The molecule has 1 atom stereocenters. The number of carbonyl (C=O) groups excluding carboxylic acids is 1. The third-order valence-electron chi connectivity index (χ3n) is 3.32. The van der Waals surface area contributed by atoms with Gasteiger partial charge in [-0.3, -0.25) is 4.57 Å². The highest BCUT2D eigenvalue weighted by Crippen LogP contribution is 2.60. The van der Waals surface area contributed by atoms with Crippen LogP contribution >= 0.6 is 7.60 Å². The van der Waals surface area contributed by atoms with E-state index in [1.165, 1.54) is 0 Å². The zero-order valence-corrected chi connectivity index (χ0v) is 17.1. The van der Waals surface area contributed by atoms with Crippen molar-refractivity contribution in [3.8, 4) is 0 Å². The monoisotopic (exact) mass is 371 g/mol. The van der Waals surface area contributed by atoms with Crippen LogP contribution in [0.4, 0.5) is 4.79 Å². The van der Waals surface area contributed by atoms with E-state index in [4.69, 9.17) is 13.8 Å². The van der Waals surface area contributed by atoms with Gasteiger partial charge in [0, 0.05) is 0 Å². The minimum atomic E-state index is -3.63. The van der Waals surface area contributed by atoms with Gasteiger partial charge in [0.1, 0.15) is 5.60 Å². The average molecular weight is 371 g/mol. The van der Waals surface area contributed by atoms with E-state index in [0.717, 1.165) is 11.1 Å². The third kappa shape index (κ3) is 6.46. The van der Waals surface area contributed by atoms with Crippen molar-refractivity contribution >= 4 is 13.7 Å². The Morgan fingerprint density at radius 2 is 1.72 bits per heavy atom. The van der Waals surface area contributed by atoms with E-state index in [1.54, 1.807) is 34.6 Å². The number of amides is 1. The summed E-state index contributed by atoms with van der Waals surface area (Å²) < 4.78 is 29.6. The number of rotatable bonds is 7. The Morgan fingerprint density at radius 3 is 2.20 bits per heavy atom. The third-order valence-corrected chi connectivity index (χ3v) is 5.59. The lowest BCUT2D eigenvalue weighted by Crippen LogP contribution is -2.35.